The van der Waals surface area contributed by atoms with Crippen LogP contribution >= 0.6 is 0 Å². The molecule has 0 spiro atoms. The number of H-pyrrole nitrogens is 1. The summed E-state index contributed by atoms with van der Waals surface area (Å²) in [5.41, 5.74) is 0.871. The molecule has 0 aliphatic heterocycles. The van der Waals surface area contributed by atoms with Gasteiger partial charge in [-0.1, -0.05) is 30.3 Å². The Morgan fingerprint density at radius 3 is 2.56 bits per heavy atom. The number of hydrogen-bond acceptors (Lipinski definition) is 5. The van der Waals surface area contributed by atoms with Gasteiger partial charge in [-0.05, 0) is 30.2 Å². The second-order valence-corrected chi connectivity index (χ2v) is 6.07. The Hall–Kier alpha value is -3.35. The summed E-state index contributed by atoms with van der Waals surface area (Å²) in [6.07, 6.45) is 1.10. The molecule has 7 heteroatoms. The van der Waals surface area contributed by atoms with Crippen LogP contribution in [0.1, 0.15) is 12.0 Å². The van der Waals surface area contributed by atoms with E-state index in [0.29, 0.717) is 37.1 Å². The zero-order valence-corrected chi connectivity index (χ0v) is 15.1. The average Bonchev–Trinajstić information content (AvgIpc) is 2.71. The van der Waals surface area contributed by atoms with Crippen LogP contribution in [0.2, 0.25) is 0 Å². The van der Waals surface area contributed by atoms with Crippen LogP contribution in [0, 0.1) is 0 Å². The fourth-order valence-corrected chi connectivity index (χ4v) is 2.77. The smallest absolute Gasteiger partial charge is 0.272 e. The Kier molecular flexibility index (Phi) is 6.04. The molecular weight excluding hydrogens is 344 g/mol. The molecule has 0 saturated heterocycles. The quantitative estimate of drug-likeness (QED) is 0.531. The van der Waals surface area contributed by atoms with Crippen LogP contribution in [-0.2, 0) is 11.2 Å². The highest BCUT2D eigenvalue weighted by atomic mass is 16.5. The molecule has 0 unspecified atom stereocenters. The fourth-order valence-electron chi connectivity index (χ4n) is 2.77. The molecular formula is C20H22N4O3. The number of methoxy groups -OCH3 is 1. The largest absolute Gasteiger partial charge is 0.497 e. The van der Waals surface area contributed by atoms with E-state index in [2.05, 4.69) is 20.8 Å². The van der Waals surface area contributed by atoms with Gasteiger partial charge in [0, 0.05) is 24.9 Å². The molecule has 140 valence electrons. The van der Waals surface area contributed by atoms with Gasteiger partial charge in [0.1, 0.15) is 5.75 Å². The number of aromatic amines is 1. The molecule has 0 bridgehead atoms. The molecule has 2 aromatic carbocycles. The topological polar surface area (TPSA) is 96.1 Å². The third-order valence-electron chi connectivity index (χ3n) is 4.24. The summed E-state index contributed by atoms with van der Waals surface area (Å²) in [5.74, 6) is 1.39. The fraction of sp³-hybridized carbons (Fsp3) is 0.250. The number of hydrogen-bond donors (Lipinski definition) is 3. The van der Waals surface area contributed by atoms with Gasteiger partial charge in [0.15, 0.2) is 5.82 Å². The summed E-state index contributed by atoms with van der Waals surface area (Å²) in [6, 6.07) is 15.0. The average molecular weight is 366 g/mol. The first-order valence-electron chi connectivity index (χ1n) is 8.78. The van der Waals surface area contributed by atoms with Crippen LogP contribution < -0.4 is 20.9 Å². The first-order chi connectivity index (χ1) is 13.2. The minimum absolute atomic E-state index is 0.00750. The van der Waals surface area contributed by atoms with Crippen molar-refractivity contribution in [2.45, 2.75) is 12.8 Å². The molecule has 3 aromatic rings. The van der Waals surface area contributed by atoms with Crippen molar-refractivity contribution in [2.24, 2.45) is 0 Å². The van der Waals surface area contributed by atoms with Crippen molar-refractivity contribution >= 4 is 22.5 Å². The number of nitrogens with one attached hydrogen (secondary N) is 3. The normalized spacial score (nSPS) is 10.6. The summed E-state index contributed by atoms with van der Waals surface area (Å²) < 4.78 is 5.12. The first kappa shape index (κ1) is 18.4. The van der Waals surface area contributed by atoms with Crippen LogP contribution in [0.3, 0.4) is 0 Å². The van der Waals surface area contributed by atoms with E-state index >= 15 is 0 Å². The van der Waals surface area contributed by atoms with E-state index in [9.17, 15) is 9.59 Å². The van der Waals surface area contributed by atoms with Crippen molar-refractivity contribution in [3.05, 3.63) is 64.4 Å². The van der Waals surface area contributed by atoms with Crippen LogP contribution in [0.5, 0.6) is 5.75 Å². The second kappa shape index (κ2) is 8.84. The molecule has 0 radical (unpaired) electrons. The van der Waals surface area contributed by atoms with Gasteiger partial charge in [-0.25, -0.2) is 5.10 Å². The lowest BCUT2D eigenvalue weighted by atomic mass is 10.1. The number of aromatic nitrogens is 2. The number of carbonyl (C=O) groups excluding carboxylic acids is 1. The number of nitrogens with zero attached hydrogens (tertiary/aromatic N) is 1. The Balaban J connectivity index is 1.44. The maximum absolute atomic E-state index is 12.0. The summed E-state index contributed by atoms with van der Waals surface area (Å²) in [5, 5.41) is 13.9. The number of amides is 1. The van der Waals surface area contributed by atoms with Crippen LogP contribution in [0.25, 0.3) is 10.8 Å². The monoisotopic (exact) mass is 366 g/mol. The highest BCUT2D eigenvalue weighted by Crippen LogP contribution is 2.16. The number of carbonyl (C=O) groups is 1. The summed E-state index contributed by atoms with van der Waals surface area (Å²) >= 11 is 0. The maximum atomic E-state index is 12.0. The zero-order chi connectivity index (χ0) is 19.1. The second-order valence-electron chi connectivity index (χ2n) is 6.07. The summed E-state index contributed by atoms with van der Waals surface area (Å²) in [6.45, 7) is 0.980. The van der Waals surface area contributed by atoms with Gasteiger partial charge in [0.05, 0.1) is 12.5 Å². The van der Waals surface area contributed by atoms with Gasteiger partial charge in [0.25, 0.3) is 5.56 Å². The highest BCUT2D eigenvalue weighted by Gasteiger charge is 2.06. The molecule has 3 rings (SSSR count). The van der Waals surface area contributed by atoms with Crippen molar-refractivity contribution in [1.82, 2.24) is 15.5 Å². The van der Waals surface area contributed by atoms with E-state index in [0.717, 1.165) is 16.7 Å². The Morgan fingerprint density at radius 2 is 1.81 bits per heavy atom. The van der Waals surface area contributed by atoms with Crippen molar-refractivity contribution in [2.75, 3.05) is 25.5 Å². The molecule has 0 saturated carbocycles. The Bertz CT molecular complexity index is 967. The number of anilines is 1. The standard InChI is InChI=1S/C20H22N4O3/c1-27-15-9-6-14(7-10-15)8-11-18(25)21-12-13-22-19-16-4-2-3-5-17(16)20(26)24-23-19/h2-7,9-10H,8,11-13H2,1H3,(H,21,25)(H,22,23)(H,24,26). The summed E-state index contributed by atoms with van der Waals surface area (Å²) in [4.78, 5) is 23.7. The molecule has 1 aromatic heterocycles. The zero-order valence-electron chi connectivity index (χ0n) is 15.1. The third kappa shape index (κ3) is 4.84. The SMILES string of the molecule is COc1ccc(CCC(=O)NCCNc2n[nH]c(=O)c3ccccc23)cc1. The van der Waals surface area contributed by atoms with Crippen molar-refractivity contribution in [1.29, 1.82) is 0 Å². The maximum Gasteiger partial charge on any atom is 0.272 e. The molecule has 0 atom stereocenters. The van der Waals surface area contributed by atoms with Crippen LogP contribution in [0.15, 0.2) is 53.3 Å². The highest BCUT2D eigenvalue weighted by molar-refractivity contribution is 5.90. The Labute approximate surface area is 156 Å². The number of aryl methyl sites for hydroxylation is 1. The lowest BCUT2D eigenvalue weighted by Gasteiger charge is -2.09. The van der Waals surface area contributed by atoms with Crippen LogP contribution in [-0.4, -0.2) is 36.3 Å². The molecule has 0 aliphatic carbocycles. The van der Waals surface area contributed by atoms with Crippen molar-refractivity contribution in [3.8, 4) is 5.75 Å². The number of fused-ring (bicyclic) bond motifs is 1. The lowest BCUT2D eigenvalue weighted by Crippen LogP contribution is -2.29. The van der Waals surface area contributed by atoms with E-state index in [1.54, 1.807) is 13.2 Å². The van der Waals surface area contributed by atoms with E-state index in [4.69, 9.17) is 4.74 Å². The van der Waals surface area contributed by atoms with Gasteiger partial charge in [-0.2, -0.15) is 5.10 Å². The van der Waals surface area contributed by atoms with Gasteiger partial charge in [0.2, 0.25) is 5.91 Å². The first-order valence-corrected chi connectivity index (χ1v) is 8.78. The minimum atomic E-state index is -0.219. The van der Waals surface area contributed by atoms with E-state index in [1.807, 2.05) is 42.5 Å². The summed E-state index contributed by atoms with van der Waals surface area (Å²) in [7, 11) is 1.63. The van der Waals surface area contributed by atoms with Crippen LogP contribution in [0.4, 0.5) is 5.82 Å². The molecule has 0 aliphatic rings. The van der Waals surface area contributed by atoms with Gasteiger partial charge < -0.3 is 15.4 Å². The van der Waals surface area contributed by atoms with Crippen molar-refractivity contribution < 1.29 is 9.53 Å². The molecule has 0 fully saturated rings. The van der Waals surface area contributed by atoms with Gasteiger partial charge in [-0.15, -0.1) is 0 Å². The predicted molar refractivity (Wildman–Crippen MR) is 105 cm³/mol. The van der Waals surface area contributed by atoms with E-state index < -0.39 is 0 Å². The molecule has 27 heavy (non-hydrogen) atoms. The lowest BCUT2D eigenvalue weighted by molar-refractivity contribution is -0.120. The van der Waals surface area contributed by atoms with Crippen molar-refractivity contribution in [3.63, 3.8) is 0 Å². The van der Waals surface area contributed by atoms with E-state index in [-0.39, 0.29) is 11.5 Å². The predicted octanol–water partition coefficient (Wildman–Crippen LogP) is 2.09. The molecule has 3 N–H and O–H groups in total. The van der Waals surface area contributed by atoms with Gasteiger partial charge in [-0.3, -0.25) is 9.59 Å². The third-order valence-corrected chi connectivity index (χ3v) is 4.24. The minimum Gasteiger partial charge on any atom is -0.497 e. The molecule has 7 nitrogen and oxygen atoms in total. The van der Waals surface area contributed by atoms with Gasteiger partial charge >= 0.3 is 0 Å². The molecule has 1 amide bonds. The number of ether oxygens (including phenoxy) is 1. The Morgan fingerprint density at radius 1 is 1.07 bits per heavy atom. The molecule has 1 heterocycles. The number of benzene rings is 2. The van der Waals surface area contributed by atoms with E-state index in [1.165, 1.54) is 0 Å². The number of rotatable bonds is 8.